The molecule has 0 bridgehead atoms. The molecular weight excluding hydrogens is 404 g/mol. The van der Waals surface area contributed by atoms with Crippen LogP contribution in [0.15, 0.2) is 84.4 Å². The Morgan fingerprint density at radius 1 is 0.812 bits per heavy atom. The highest BCUT2D eigenvalue weighted by molar-refractivity contribution is 6.39. The van der Waals surface area contributed by atoms with Gasteiger partial charge in [-0.15, -0.1) is 0 Å². The van der Waals surface area contributed by atoms with Gasteiger partial charge in [-0.1, -0.05) is 54.6 Å². The van der Waals surface area contributed by atoms with Crippen molar-refractivity contribution in [3.05, 3.63) is 90.0 Å². The lowest BCUT2D eigenvalue weighted by molar-refractivity contribution is -0.122. The van der Waals surface area contributed by atoms with Gasteiger partial charge < -0.3 is 4.74 Å². The number of methoxy groups -OCH3 is 1. The van der Waals surface area contributed by atoms with Crippen LogP contribution in [-0.2, 0) is 9.59 Å². The molecule has 32 heavy (non-hydrogen) atoms. The van der Waals surface area contributed by atoms with E-state index in [1.165, 1.54) is 7.11 Å². The van der Waals surface area contributed by atoms with Crippen molar-refractivity contribution in [2.24, 2.45) is 0 Å². The monoisotopic (exact) mass is 422 g/mol. The fourth-order valence-corrected chi connectivity index (χ4v) is 3.99. The first-order valence-corrected chi connectivity index (χ1v) is 10.0. The molecule has 4 aromatic rings. The number of barbiturate groups is 1. The van der Waals surface area contributed by atoms with Gasteiger partial charge >= 0.3 is 6.03 Å². The van der Waals surface area contributed by atoms with Crippen molar-refractivity contribution in [2.45, 2.75) is 0 Å². The predicted octanol–water partition coefficient (Wildman–Crippen LogP) is 4.67. The predicted molar refractivity (Wildman–Crippen MR) is 123 cm³/mol. The number of carbonyl (C=O) groups is 3. The van der Waals surface area contributed by atoms with E-state index in [4.69, 9.17) is 4.74 Å². The van der Waals surface area contributed by atoms with Gasteiger partial charge in [0.1, 0.15) is 11.3 Å². The SMILES string of the molecule is COc1cccc(N2C(=O)NC(=O)/C(=C/c3c4ccccc4cc4ccccc34)C2=O)c1. The Bertz CT molecular complexity index is 1400. The average Bonchev–Trinajstić information content (AvgIpc) is 2.81. The summed E-state index contributed by atoms with van der Waals surface area (Å²) in [4.78, 5) is 39.6. The maximum absolute atomic E-state index is 13.4. The minimum Gasteiger partial charge on any atom is -0.497 e. The second-order valence-electron chi connectivity index (χ2n) is 7.39. The highest BCUT2D eigenvalue weighted by Crippen LogP contribution is 2.32. The smallest absolute Gasteiger partial charge is 0.335 e. The summed E-state index contributed by atoms with van der Waals surface area (Å²) in [5.74, 6) is -0.925. The van der Waals surface area contributed by atoms with E-state index in [0.29, 0.717) is 11.4 Å². The molecule has 156 valence electrons. The average molecular weight is 422 g/mol. The maximum Gasteiger partial charge on any atom is 0.335 e. The molecule has 0 aliphatic carbocycles. The number of benzene rings is 4. The van der Waals surface area contributed by atoms with E-state index in [1.54, 1.807) is 30.3 Å². The second kappa shape index (κ2) is 7.67. The number of amides is 4. The van der Waals surface area contributed by atoms with Crippen LogP contribution in [-0.4, -0.2) is 25.0 Å². The molecule has 0 spiro atoms. The van der Waals surface area contributed by atoms with Crippen LogP contribution in [0.3, 0.4) is 0 Å². The van der Waals surface area contributed by atoms with E-state index in [9.17, 15) is 14.4 Å². The van der Waals surface area contributed by atoms with E-state index < -0.39 is 17.8 Å². The van der Waals surface area contributed by atoms with Gasteiger partial charge in [-0.3, -0.25) is 14.9 Å². The Kier molecular flexibility index (Phi) is 4.67. The van der Waals surface area contributed by atoms with E-state index in [1.807, 2.05) is 48.5 Å². The van der Waals surface area contributed by atoms with Gasteiger partial charge in [0, 0.05) is 6.07 Å². The number of imide groups is 2. The Morgan fingerprint density at radius 2 is 1.47 bits per heavy atom. The van der Waals surface area contributed by atoms with Gasteiger partial charge in [-0.05, 0) is 51.4 Å². The fraction of sp³-hybridized carbons (Fsp3) is 0.0385. The van der Waals surface area contributed by atoms with E-state index in [2.05, 4.69) is 11.4 Å². The number of carbonyl (C=O) groups excluding carboxylic acids is 3. The van der Waals surface area contributed by atoms with Gasteiger partial charge in [0.05, 0.1) is 12.8 Å². The normalized spacial score (nSPS) is 15.5. The van der Waals surface area contributed by atoms with Crippen LogP contribution in [0.1, 0.15) is 5.56 Å². The maximum atomic E-state index is 13.4. The first kappa shape index (κ1) is 19.5. The van der Waals surface area contributed by atoms with Crippen molar-refractivity contribution in [1.82, 2.24) is 5.32 Å². The number of nitrogens with one attached hydrogen (secondary N) is 1. The van der Waals surface area contributed by atoms with Crippen LogP contribution >= 0.6 is 0 Å². The minimum atomic E-state index is -0.798. The zero-order valence-electron chi connectivity index (χ0n) is 17.2. The first-order chi connectivity index (χ1) is 15.6. The van der Waals surface area contributed by atoms with Crippen molar-refractivity contribution in [2.75, 3.05) is 12.0 Å². The van der Waals surface area contributed by atoms with Crippen LogP contribution in [0.25, 0.3) is 27.6 Å². The molecule has 5 rings (SSSR count). The molecular formula is C26H18N2O4. The summed E-state index contributed by atoms with van der Waals surface area (Å²) in [5, 5.41) is 6.07. The summed E-state index contributed by atoms with van der Waals surface area (Å²) in [6.45, 7) is 0. The molecule has 1 saturated heterocycles. The number of hydrogen-bond acceptors (Lipinski definition) is 4. The number of urea groups is 1. The van der Waals surface area contributed by atoms with Crippen molar-refractivity contribution >= 4 is 51.2 Å². The Morgan fingerprint density at radius 3 is 2.12 bits per heavy atom. The van der Waals surface area contributed by atoms with Crippen LogP contribution < -0.4 is 15.0 Å². The number of nitrogens with zero attached hydrogens (tertiary/aromatic N) is 1. The molecule has 1 aliphatic heterocycles. The number of fused-ring (bicyclic) bond motifs is 2. The summed E-state index contributed by atoms with van der Waals surface area (Å²) in [6, 6.07) is 23.4. The van der Waals surface area contributed by atoms with Gasteiger partial charge in [0.2, 0.25) is 0 Å². The van der Waals surface area contributed by atoms with Crippen LogP contribution in [0, 0.1) is 0 Å². The quantitative estimate of drug-likeness (QED) is 0.296. The molecule has 0 saturated carbocycles. The lowest BCUT2D eigenvalue weighted by Gasteiger charge is -2.26. The van der Waals surface area contributed by atoms with Crippen LogP contribution in [0.4, 0.5) is 10.5 Å². The van der Waals surface area contributed by atoms with Crippen molar-refractivity contribution in [3.63, 3.8) is 0 Å². The molecule has 1 aliphatic rings. The zero-order valence-corrected chi connectivity index (χ0v) is 17.2. The number of rotatable bonds is 3. The largest absolute Gasteiger partial charge is 0.497 e. The third kappa shape index (κ3) is 3.18. The standard InChI is InChI=1S/C26H18N2O4/c1-32-19-10-6-9-18(14-19)28-25(30)23(24(29)27-26(28)31)15-22-20-11-4-2-7-16(20)13-17-8-3-5-12-21(17)22/h2-15H,1H3,(H,27,29,31)/b23-15-. The van der Waals surface area contributed by atoms with Crippen LogP contribution in [0.2, 0.25) is 0 Å². The van der Waals surface area contributed by atoms with Gasteiger partial charge in [0.15, 0.2) is 0 Å². The number of ether oxygens (including phenoxy) is 1. The van der Waals surface area contributed by atoms with E-state index in [0.717, 1.165) is 32.0 Å². The molecule has 1 fully saturated rings. The summed E-state index contributed by atoms with van der Waals surface area (Å²) in [5.41, 5.74) is 0.944. The highest BCUT2D eigenvalue weighted by atomic mass is 16.5. The molecule has 4 amide bonds. The molecule has 1 N–H and O–H groups in total. The molecule has 0 atom stereocenters. The molecule has 0 radical (unpaired) electrons. The summed E-state index contributed by atoms with van der Waals surface area (Å²) in [7, 11) is 1.50. The van der Waals surface area contributed by atoms with Crippen LogP contribution in [0.5, 0.6) is 5.75 Å². The summed E-state index contributed by atoms with van der Waals surface area (Å²) >= 11 is 0. The van der Waals surface area contributed by atoms with Gasteiger partial charge in [0.25, 0.3) is 11.8 Å². The van der Waals surface area contributed by atoms with E-state index >= 15 is 0 Å². The third-order valence-electron chi connectivity index (χ3n) is 5.51. The fourth-order valence-electron chi connectivity index (χ4n) is 3.99. The first-order valence-electron chi connectivity index (χ1n) is 10.0. The van der Waals surface area contributed by atoms with Crippen molar-refractivity contribution < 1.29 is 19.1 Å². The lowest BCUT2D eigenvalue weighted by atomic mass is 9.94. The number of hydrogen-bond donors (Lipinski definition) is 1. The Hall–Kier alpha value is -4.45. The van der Waals surface area contributed by atoms with Crippen molar-refractivity contribution in [1.29, 1.82) is 0 Å². The van der Waals surface area contributed by atoms with E-state index in [-0.39, 0.29) is 5.57 Å². The molecule has 4 aromatic carbocycles. The molecule has 0 unspecified atom stereocenters. The van der Waals surface area contributed by atoms with Crippen molar-refractivity contribution in [3.8, 4) is 5.75 Å². The van der Waals surface area contributed by atoms with Gasteiger partial charge in [-0.2, -0.15) is 0 Å². The lowest BCUT2D eigenvalue weighted by Crippen LogP contribution is -2.54. The third-order valence-corrected chi connectivity index (χ3v) is 5.51. The molecule has 6 heteroatoms. The second-order valence-corrected chi connectivity index (χ2v) is 7.39. The minimum absolute atomic E-state index is 0.117. The topological polar surface area (TPSA) is 75.7 Å². The Balaban J connectivity index is 1.70. The van der Waals surface area contributed by atoms with Gasteiger partial charge in [-0.25, -0.2) is 9.69 Å². The summed E-state index contributed by atoms with van der Waals surface area (Å²) < 4.78 is 5.20. The molecule has 6 nitrogen and oxygen atoms in total. The zero-order chi connectivity index (χ0) is 22.2. The number of anilines is 1. The highest BCUT2D eigenvalue weighted by Gasteiger charge is 2.37. The summed E-state index contributed by atoms with van der Waals surface area (Å²) in [6.07, 6.45) is 1.57. The Labute approximate surface area is 183 Å². The molecule has 1 heterocycles. The molecule has 0 aromatic heterocycles.